The molecule has 0 aliphatic heterocycles. The molecular weight excluding hydrogens is 576 g/mol. The summed E-state index contributed by atoms with van der Waals surface area (Å²) in [5.41, 5.74) is 9.05. The number of rotatable bonds is 0. The van der Waals surface area contributed by atoms with E-state index in [0.29, 0.717) is 0 Å². The van der Waals surface area contributed by atoms with Crippen molar-refractivity contribution in [2.24, 2.45) is 0 Å². The molecule has 0 saturated heterocycles. The molecule has 2 aliphatic carbocycles. The largest absolute Gasteiger partial charge is 0.134 e. The SMILES string of the molecule is CC1(C)c2cc3c(cc2-c2sc4cc(Br)sc4c21)C(C)(C)c1c-3sc2cc(Br)sc12. The van der Waals surface area contributed by atoms with E-state index < -0.39 is 0 Å². The summed E-state index contributed by atoms with van der Waals surface area (Å²) in [6.07, 6.45) is 0. The Labute approximate surface area is 207 Å². The van der Waals surface area contributed by atoms with Crippen molar-refractivity contribution in [3.8, 4) is 20.9 Å². The van der Waals surface area contributed by atoms with Gasteiger partial charge in [-0.15, -0.1) is 45.3 Å². The van der Waals surface area contributed by atoms with Gasteiger partial charge in [0.1, 0.15) is 0 Å². The molecule has 0 radical (unpaired) electrons. The summed E-state index contributed by atoms with van der Waals surface area (Å²) in [5, 5.41) is 0. The van der Waals surface area contributed by atoms with E-state index >= 15 is 0 Å². The third kappa shape index (κ3) is 2.12. The molecule has 0 spiro atoms. The summed E-state index contributed by atoms with van der Waals surface area (Å²) in [7, 11) is 0. The number of halogens is 2. The molecule has 0 saturated carbocycles. The zero-order valence-electron chi connectivity index (χ0n) is 16.7. The minimum absolute atomic E-state index is 0.0345. The van der Waals surface area contributed by atoms with Gasteiger partial charge >= 0.3 is 0 Å². The Kier molecular flexibility index (Phi) is 3.61. The van der Waals surface area contributed by atoms with Gasteiger partial charge in [-0.25, -0.2) is 0 Å². The Morgan fingerprint density at radius 2 is 1.00 bits per heavy atom. The molecule has 150 valence electrons. The lowest BCUT2D eigenvalue weighted by Crippen LogP contribution is -2.17. The number of benzene rings is 1. The van der Waals surface area contributed by atoms with Gasteiger partial charge in [0.15, 0.2) is 0 Å². The van der Waals surface area contributed by atoms with Crippen molar-refractivity contribution in [3.05, 3.63) is 54.1 Å². The fraction of sp³-hybridized carbons (Fsp3) is 0.250. The van der Waals surface area contributed by atoms with Crippen molar-refractivity contribution in [2.75, 3.05) is 0 Å². The van der Waals surface area contributed by atoms with Gasteiger partial charge in [0.25, 0.3) is 0 Å². The number of hydrogen-bond acceptors (Lipinski definition) is 4. The highest BCUT2D eigenvalue weighted by atomic mass is 79.9. The van der Waals surface area contributed by atoms with E-state index in [2.05, 4.69) is 83.8 Å². The van der Waals surface area contributed by atoms with Gasteiger partial charge in [0.2, 0.25) is 0 Å². The molecule has 2 aliphatic rings. The summed E-state index contributed by atoms with van der Waals surface area (Å²) in [6, 6.07) is 9.65. The molecule has 0 nitrogen and oxygen atoms in total. The lowest BCUT2D eigenvalue weighted by Gasteiger charge is -2.24. The van der Waals surface area contributed by atoms with E-state index in [0.717, 1.165) is 0 Å². The molecule has 0 amide bonds. The highest BCUT2D eigenvalue weighted by molar-refractivity contribution is 9.11. The first kappa shape index (κ1) is 19.0. The molecule has 0 fully saturated rings. The maximum absolute atomic E-state index is 3.70. The van der Waals surface area contributed by atoms with Crippen LogP contribution in [0.4, 0.5) is 0 Å². The predicted octanol–water partition coefficient (Wildman–Crippen LogP) is 10.4. The van der Waals surface area contributed by atoms with Crippen LogP contribution in [0.1, 0.15) is 49.9 Å². The minimum atomic E-state index is 0.0345. The summed E-state index contributed by atoms with van der Waals surface area (Å²) in [6.45, 7) is 9.65. The lowest BCUT2D eigenvalue weighted by atomic mass is 9.79. The second kappa shape index (κ2) is 5.70. The van der Waals surface area contributed by atoms with Crippen LogP contribution >= 0.6 is 77.2 Å². The van der Waals surface area contributed by atoms with Crippen molar-refractivity contribution in [1.82, 2.24) is 0 Å². The monoisotopic (exact) mass is 590 g/mol. The topological polar surface area (TPSA) is 0 Å². The zero-order valence-corrected chi connectivity index (χ0v) is 23.1. The second-order valence-electron chi connectivity index (χ2n) is 9.29. The molecule has 0 atom stereocenters. The molecule has 1 aromatic carbocycles. The van der Waals surface area contributed by atoms with Crippen LogP contribution in [0.3, 0.4) is 0 Å². The normalized spacial score (nSPS) is 17.5. The van der Waals surface area contributed by atoms with Gasteiger partial charge in [-0.05, 0) is 89.5 Å². The van der Waals surface area contributed by atoms with Gasteiger partial charge in [-0.1, -0.05) is 27.7 Å². The maximum atomic E-state index is 3.70. The highest BCUT2D eigenvalue weighted by Crippen LogP contribution is 2.63. The molecule has 0 bridgehead atoms. The van der Waals surface area contributed by atoms with Crippen molar-refractivity contribution in [2.45, 2.75) is 38.5 Å². The highest BCUT2D eigenvalue weighted by Gasteiger charge is 2.45. The fourth-order valence-corrected chi connectivity index (χ4v) is 12.7. The standard InChI is InChI=1S/C24H16Br2S4/c1-23(2)11-5-10-12(6-9(11)19-17(23)21-13(27-19)7-15(25)29-21)24(3,4)18-20(10)28-14-8-16(26)30-22(14)18/h5-8H,1-4H3. The Balaban J connectivity index is 1.55. The lowest BCUT2D eigenvalue weighted by molar-refractivity contribution is 0.659. The third-order valence-electron chi connectivity index (χ3n) is 6.91. The van der Waals surface area contributed by atoms with Crippen molar-refractivity contribution in [1.29, 1.82) is 0 Å². The number of thiophene rings is 4. The smallest absolute Gasteiger partial charge is 0.0719 e. The fourth-order valence-electron chi connectivity index (χ4n) is 5.51. The van der Waals surface area contributed by atoms with Gasteiger partial charge in [-0.2, -0.15) is 0 Å². The van der Waals surface area contributed by atoms with Crippen molar-refractivity contribution in [3.63, 3.8) is 0 Å². The molecule has 6 heteroatoms. The summed E-state index contributed by atoms with van der Waals surface area (Å²) >= 11 is 15.1. The van der Waals surface area contributed by atoms with Gasteiger partial charge in [0, 0.05) is 30.0 Å². The average Bonchev–Trinajstić information content (AvgIpc) is 3.41. The van der Waals surface area contributed by atoms with E-state index in [-0.39, 0.29) is 10.8 Å². The molecule has 4 aromatic heterocycles. The first-order valence-corrected chi connectivity index (χ1v) is 14.7. The van der Waals surface area contributed by atoms with E-state index in [1.54, 1.807) is 0 Å². The number of fused-ring (bicyclic) bond motifs is 10. The zero-order chi connectivity index (χ0) is 20.7. The molecule has 0 unspecified atom stereocenters. The first-order chi connectivity index (χ1) is 14.2. The average molecular weight is 592 g/mol. The molecule has 30 heavy (non-hydrogen) atoms. The van der Waals surface area contributed by atoms with Crippen LogP contribution in [0.15, 0.2) is 31.8 Å². The van der Waals surface area contributed by atoms with Crippen LogP contribution in [0.25, 0.3) is 39.7 Å². The van der Waals surface area contributed by atoms with E-state index in [9.17, 15) is 0 Å². The van der Waals surface area contributed by atoms with E-state index in [1.165, 1.54) is 69.5 Å². The quantitative estimate of drug-likeness (QED) is 0.168. The van der Waals surface area contributed by atoms with Crippen LogP contribution in [0.2, 0.25) is 0 Å². The molecule has 7 rings (SSSR count). The third-order valence-corrected chi connectivity index (χ3v) is 12.8. The second-order valence-corrected chi connectivity index (χ2v) is 16.3. The van der Waals surface area contributed by atoms with E-state index in [1.807, 2.05) is 45.3 Å². The Hall–Kier alpha value is -0.500. The Morgan fingerprint density at radius 1 is 0.600 bits per heavy atom. The van der Waals surface area contributed by atoms with Gasteiger partial charge < -0.3 is 0 Å². The summed E-state index contributed by atoms with van der Waals surface area (Å²) in [5.74, 6) is 0. The maximum Gasteiger partial charge on any atom is 0.0719 e. The van der Waals surface area contributed by atoms with E-state index in [4.69, 9.17) is 0 Å². The summed E-state index contributed by atoms with van der Waals surface area (Å²) in [4.78, 5) is 2.98. The Morgan fingerprint density at radius 3 is 1.40 bits per heavy atom. The van der Waals surface area contributed by atoms with Crippen LogP contribution in [-0.4, -0.2) is 0 Å². The van der Waals surface area contributed by atoms with Crippen LogP contribution < -0.4 is 0 Å². The first-order valence-electron chi connectivity index (χ1n) is 9.82. The predicted molar refractivity (Wildman–Crippen MR) is 143 cm³/mol. The van der Waals surface area contributed by atoms with Gasteiger partial charge in [0.05, 0.1) is 17.0 Å². The van der Waals surface area contributed by atoms with Crippen LogP contribution in [-0.2, 0) is 10.8 Å². The molecule has 5 aromatic rings. The Bertz CT molecular complexity index is 1450. The van der Waals surface area contributed by atoms with Crippen LogP contribution in [0, 0.1) is 0 Å². The molecule has 0 N–H and O–H groups in total. The summed E-state index contributed by atoms with van der Waals surface area (Å²) < 4.78 is 8.22. The minimum Gasteiger partial charge on any atom is -0.134 e. The van der Waals surface area contributed by atoms with Gasteiger partial charge in [-0.3, -0.25) is 0 Å². The molecular formula is C24H16Br2S4. The molecule has 4 heterocycles. The van der Waals surface area contributed by atoms with Crippen molar-refractivity contribution >= 4 is 96.0 Å². The van der Waals surface area contributed by atoms with Crippen molar-refractivity contribution < 1.29 is 0 Å². The number of hydrogen-bond donors (Lipinski definition) is 0. The van der Waals surface area contributed by atoms with Crippen LogP contribution in [0.5, 0.6) is 0 Å².